The standard InChI is InChI=1S/C14H17NO3S/c1-9(2)13(14(16)17)19-8-10-4-5-11(7-15)12(6-10)18-3/h4-6,9,13H,8H2,1-3H3,(H,16,17). The summed E-state index contributed by atoms with van der Waals surface area (Å²) in [5, 5.41) is 17.6. The Bertz CT molecular complexity index is 494. The highest BCUT2D eigenvalue weighted by molar-refractivity contribution is 7.99. The molecule has 5 heteroatoms. The van der Waals surface area contributed by atoms with Crippen LogP contribution in [0, 0.1) is 17.2 Å². The molecule has 0 spiro atoms. The van der Waals surface area contributed by atoms with Gasteiger partial charge in [0.25, 0.3) is 0 Å². The minimum Gasteiger partial charge on any atom is -0.495 e. The molecule has 0 amide bonds. The predicted molar refractivity (Wildman–Crippen MR) is 75.3 cm³/mol. The zero-order valence-corrected chi connectivity index (χ0v) is 12.0. The van der Waals surface area contributed by atoms with E-state index >= 15 is 0 Å². The van der Waals surface area contributed by atoms with Gasteiger partial charge in [0.15, 0.2) is 0 Å². The third-order valence-electron chi connectivity index (χ3n) is 2.66. The summed E-state index contributed by atoms with van der Waals surface area (Å²) in [4.78, 5) is 11.1. The fraction of sp³-hybridized carbons (Fsp3) is 0.429. The maximum absolute atomic E-state index is 11.1. The van der Waals surface area contributed by atoms with Crippen molar-refractivity contribution in [2.75, 3.05) is 7.11 Å². The second kappa shape index (κ2) is 7.05. The van der Waals surface area contributed by atoms with E-state index in [1.807, 2.05) is 26.0 Å². The molecule has 102 valence electrons. The quantitative estimate of drug-likeness (QED) is 0.867. The Morgan fingerprint density at radius 2 is 2.21 bits per heavy atom. The number of methoxy groups -OCH3 is 1. The number of hydrogen-bond donors (Lipinski definition) is 1. The summed E-state index contributed by atoms with van der Waals surface area (Å²) in [6.45, 7) is 3.79. The van der Waals surface area contributed by atoms with Crippen molar-refractivity contribution in [2.45, 2.75) is 24.9 Å². The number of nitriles is 1. The summed E-state index contributed by atoms with van der Waals surface area (Å²) in [6.07, 6.45) is 0. The van der Waals surface area contributed by atoms with E-state index in [1.54, 1.807) is 12.1 Å². The molecule has 1 atom stereocenters. The van der Waals surface area contributed by atoms with Gasteiger partial charge in [-0.3, -0.25) is 4.79 Å². The van der Waals surface area contributed by atoms with Crippen molar-refractivity contribution in [1.29, 1.82) is 5.26 Å². The molecule has 0 radical (unpaired) electrons. The van der Waals surface area contributed by atoms with Crippen LogP contribution in [0.25, 0.3) is 0 Å². The van der Waals surface area contributed by atoms with Crippen molar-refractivity contribution >= 4 is 17.7 Å². The second-order valence-electron chi connectivity index (χ2n) is 4.46. The summed E-state index contributed by atoms with van der Waals surface area (Å²) < 4.78 is 5.13. The van der Waals surface area contributed by atoms with E-state index in [0.29, 0.717) is 17.1 Å². The third kappa shape index (κ3) is 4.18. The maximum Gasteiger partial charge on any atom is 0.316 e. The van der Waals surface area contributed by atoms with Crippen LogP contribution in [-0.2, 0) is 10.5 Å². The minimum atomic E-state index is -0.791. The van der Waals surface area contributed by atoms with Crippen LogP contribution >= 0.6 is 11.8 Å². The number of ether oxygens (including phenoxy) is 1. The highest BCUT2D eigenvalue weighted by Crippen LogP contribution is 2.27. The van der Waals surface area contributed by atoms with Crippen LogP contribution in [0.4, 0.5) is 0 Å². The molecule has 1 unspecified atom stereocenters. The van der Waals surface area contributed by atoms with Crippen LogP contribution in [0.1, 0.15) is 25.0 Å². The molecule has 0 saturated heterocycles. The number of thioether (sulfide) groups is 1. The van der Waals surface area contributed by atoms with Gasteiger partial charge in [-0.25, -0.2) is 0 Å². The zero-order valence-electron chi connectivity index (χ0n) is 11.2. The number of carbonyl (C=O) groups is 1. The van der Waals surface area contributed by atoms with Crippen LogP contribution in [0.2, 0.25) is 0 Å². The topological polar surface area (TPSA) is 70.3 Å². The molecular weight excluding hydrogens is 262 g/mol. The van der Waals surface area contributed by atoms with E-state index in [4.69, 9.17) is 15.1 Å². The van der Waals surface area contributed by atoms with Gasteiger partial charge in [-0.15, -0.1) is 11.8 Å². The first-order valence-electron chi connectivity index (χ1n) is 5.91. The largest absolute Gasteiger partial charge is 0.495 e. The van der Waals surface area contributed by atoms with Gasteiger partial charge in [0, 0.05) is 5.75 Å². The van der Waals surface area contributed by atoms with Crippen molar-refractivity contribution in [2.24, 2.45) is 5.92 Å². The lowest BCUT2D eigenvalue weighted by Gasteiger charge is -2.15. The molecule has 0 saturated carbocycles. The fourth-order valence-electron chi connectivity index (χ4n) is 1.65. The Balaban J connectivity index is 2.78. The average molecular weight is 279 g/mol. The van der Waals surface area contributed by atoms with Gasteiger partial charge in [0.05, 0.1) is 12.7 Å². The Kier molecular flexibility index (Phi) is 5.71. The van der Waals surface area contributed by atoms with Crippen molar-refractivity contribution in [3.8, 4) is 11.8 Å². The smallest absolute Gasteiger partial charge is 0.316 e. The number of hydrogen-bond acceptors (Lipinski definition) is 4. The van der Waals surface area contributed by atoms with Crippen LogP contribution < -0.4 is 4.74 Å². The van der Waals surface area contributed by atoms with Crippen LogP contribution in [0.3, 0.4) is 0 Å². The van der Waals surface area contributed by atoms with Crippen LogP contribution in [0.5, 0.6) is 5.75 Å². The first-order valence-corrected chi connectivity index (χ1v) is 6.96. The SMILES string of the molecule is COc1cc(CSC(C(=O)O)C(C)C)ccc1C#N. The molecule has 1 N–H and O–H groups in total. The molecule has 1 aromatic rings. The van der Waals surface area contributed by atoms with Crippen LogP contribution in [0.15, 0.2) is 18.2 Å². The molecule has 0 heterocycles. The van der Waals surface area contributed by atoms with Crippen molar-refractivity contribution in [1.82, 2.24) is 0 Å². The summed E-state index contributed by atoms with van der Waals surface area (Å²) in [5.41, 5.74) is 1.43. The Labute approximate surface area is 117 Å². The van der Waals surface area contributed by atoms with Gasteiger partial charge in [0.2, 0.25) is 0 Å². The first kappa shape index (κ1) is 15.4. The van der Waals surface area contributed by atoms with E-state index in [1.165, 1.54) is 18.9 Å². The molecule has 4 nitrogen and oxygen atoms in total. The number of carboxylic acid groups (broad SMARTS) is 1. The number of nitrogens with zero attached hydrogens (tertiary/aromatic N) is 1. The van der Waals surface area contributed by atoms with E-state index in [0.717, 1.165) is 5.56 Å². The Hall–Kier alpha value is -1.67. The van der Waals surface area contributed by atoms with Gasteiger partial charge in [0.1, 0.15) is 17.1 Å². The summed E-state index contributed by atoms with van der Waals surface area (Å²) in [5.74, 6) is 0.387. The third-order valence-corrected chi connectivity index (χ3v) is 4.27. The Morgan fingerprint density at radius 3 is 2.68 bits per heavy atom. The number of benzene rings is 1. The molecule has 19 heavy (non-hydrogen) atoms. The monoisotopic (exact) mass is 279 g/mol. The molecule has 0 aliphatic rings. The van der Waals surface area contributed by atoms with E-state index in [2.05, 4.69) is 0 Å². The molecule has 0 fully saturated rings. The lowest BCUT2D eigenvalue weighted by molar-refractivity contribution is -0.137. The molecule has 0 aliphatic carbocycles. The molecule has 0 aromatic heterocycles. The second-order valence-corrected chi connectivity index (χ2v) is 5.59. The van der Waals surface area contributed by atoms with Gasteiger partial charge in [-0.2, -0.15) is 5.26 Å². The zero-order chi connectivity index (χ0) is 14.4. The summed E-state index contributed by atoms with van der Waals surface area (Å²) in [7, 11) is 1.52. The maximum atomic E-state index is 11.1. The normalized spacial score (nSPS) is 11.9. The van der Waals surface area contributed by atoms with Gasteiger partial charge in [-0.1, -0.05) is 19.9 Å². The summed E-state index contributed by atoms with van der Waals surface area (Å²) in [6, 6.07) is 7.35. The van der Waals surface area contributed by atoms with Crippen molar-refractivity contribution in [3.63, 3.8) is 0 Å². The predicted octanol–water partition coefficient (Wildman–Crippen LogP) is 2.91. The van der Waals surface area contributed by atoms with Gasteiger partial charge < -0.3 is 9.84 Å². The first-order chi connectivity index (χ1) is 8.99. The van der Waals surface area contributed by atoms with Gasteiger partial charge in [-0.05, 0) is 23.6 Å². The van der Waals surface area contributed by atoms with E-state index in [9.17, 15) is 4.79 Å². The van der Waals surface area contributed by atoms with E-state index < -0.39 is 11.2 Å². The fourth-order valence-corrected chi connectivity index (χ4v) is 2.73. The lowest BCUT2D eigenvalue weighted by Crippen LogP contribution is -2.22. The number of carboxylic acids is 1. The number of aliphatic carboxylic acids is 1. The van der Waals surface area contributed by atoms with Gasteiger partial charge >= 0.3 is 5.97 Å². The number of rotatable bonds is 6. The minimum absolute atomic E-state index is 0.0720. The van der Waals surface area contributed by atoms with Crippen molar-refractivity contribution < 1.29 is 14.6 Å². The highest BCUT2D eigenvalue weighted by Gasteiger charge is 2.21. The van der Waals surface area contributed by atoms with Crippen LogP contribution in [-0.4, -0.2) is 23.4 Å². The molecule has 0 aliphatic heterocycles. The molecule has 0 bridgehead atoms. The lowest BCUT2D eigenvalue weighted by atomic mass is 10.1. The average Bonchev–Trinajstić information content (AvgIpc) is 2.37. The highest BCUT2D eigenvalue weighted by atomic mass is 32.2. The van der Waals surface area contributed by atoms with E-state index in [-0.39, 0.29) is 5.92 Å². The molecule has 1 rings (SSSR count). The molecular formula is C14H17NO3S. The van der Waals surface area contributed by atoms with Crippen molar-refractivity contribution in [3.05, 3.63) is 29.3 Å². The molecule has 1 aromatic carbocycles. The summed E-state index contributed by atoms with van der Waals surface area (Å²) >= 11 is 1.39. The Morgan fingerprint density at radius 1 is 1.53 bits per heavy atom.